The summed E-state index contributed by atoms with van der Waals surface area (Å²) in [6, 6.07) is 5.81. The fourth-order valence-electron chi connectivity index (χ4n) is 2.86. The largest absolute Gasteiger partial charge is 0.508 e. The number of phenols is 4. The fourth-order valence-corrected chi connectivity index (χ4v) is 2.86. The van der Waals surface area contributed by atoms with Gasteiger partial charge in [-0.1, -0.05) is 29.4 Å². The van der Waals surface area contributed by atoms with Gasteiger partial charge in [0.15, 0.2) is 17.3 Å². The molecule has 0 radical (unpaired) electrons. The maximum absolute atomic E-state index is 12.6. The molecular weight excluding hydrogens is 380 g/mol. The Morgan fingerprint density at radius 1 is 0.833 bits per heavy atom. The summed E-state index contributed by atoms with van der Waals surface area (Å²) in [6.45, 7) is 7.69. The van der Waals surface area contributed by atoms with E-state index in [1.807, 2.05) is 39.8 Å². The number of hydrogen-bond donors (Lipinski definition) is 4. The van der Waals surface area contributed by atoms with Gasteiger partial charge in [0.05, 0.1) is 5.56 Å². The van der Waals surface area contributed by atoms with E-state index in [9.17, 15) is 25.2 Å². The Kier molecular flexibility index (Phi) is 7.48. The molecule has 0 aliphatic carbocycles. The van der Waals surface area contributed by atoms with Crippen LogP contribution in [0.4, 0.5) is 0 Å². The summed E-state index contributed by atoms with van der Waals surface area (Å²) in [4.78, 5) is 12.6. The summed E-state index contributed by atoms with van der Waals surface area (Å²) >= 11 is 0. The Hall–Kier alpha value is -3.47. The highest BCUT2D eigenvalue weighted by molar-refractivity contribution is 6.09. The van der Waals surface area contributed by atoms with Crippen molar-refractivity contribution in [1.29, 1.82) is 0 Å². The van der Waals surface area contributed by atoms with Gasteiger partial charge in [0.1, 0.15) is 11.5 Å². The first kappa shape index (κ1) is 22.8. The number of aromatic hydroxyl groups is 4. The molecule has 0 aromatic heterocycles. The van der Waals surface area contributed by atoms with E-state index >= 15 is 0 Å². The van der Waals surface area contributed by atoms with Gasteiger partial charge in [-0.25, -0.2) is 0 Å². The van der Waals surface area contributed by atoms with E-state index in [1.54, 1.807) is 6.07 Å². The summed E-state index contributed by atoms with van der Waals surface area (Å²) in [7, 11) is 0. The molecule has 0 saturated heterocycles. The molecule has 4 N–H and O–H groups in total. The summed E-state index contributed by atoms with van der Waals surface area (Å²) in [6.07, 6.45) is 7.33. The van der Waals surface area contributed by atoms with Gasteiger partial charge in [0.2, 0.25) is 0 Å². The zero-order chi connectivity index (χ0) is 22.4. The van der Waals surface area contributed by atoms with Crippen molar-refractivity contribution in [2.75, 3.05) is 0 Å². The number of carbonyl (C=O) groups excluding carboxylic acids is 1. The van der Waals surface area contributed by atoms with Crippen LogP contribution in [0.15, 0.2) is 53.6 Å². The molecule has 2 rings (SSSR count). The third-order valence-corrected chi connectivity index (χ3v) is 4.59. The lowest BCUT2D eigenvalue weighted by atomic mass is 10.00. The quantitative estimate of drug-likeness (QED) is 0.212. The second-order valence-corrected chi connectivity index (χ2v) is 7.68. The molecule has 0 spiro atoms. The smallest absolute Gasteiger partial charge is 0.189 e. The molecule has 0 heterocycles. The SMILES string of the molecule is CC(C)=CCc1cc(/C=C/C(=O)c2ccc(O)c(CC=C(C)C)c2O)cc(O)c1O. The number of rotatable bonds is 7. The van der Waals surface area contributed by atoms with Crippen LogP contribution in [0.1, 0.15) is 54.7 Å². The van der Waals surface area contributed by atoms with Crippen molar-refractivity contribution in [1.82, 2.24) is 0 Å². The highest BCUT2D eigenvalue weighted by Crippen LogP contribution is 2.33. The van der Waals surface area contributed by atoms with Crippen molar-refractivity contribution in [3.63, 3.8) is 0 Å². The monoisotopic (exact) mass is 408 g/mol. The summed E-state index contributed by atoms with van der Waals surface area (Å²) in [5.41, 5.74) is 3.56. The van der Waals surface area contributed by atoms with Crippen molar-refractivity contribution in [2.45, 2.75) is 40.5 Å². The summed E-state index contributed by atoms with van der Waals surface area (Å²) < 4.78 is 0. The first-order chi connectivity index (χ1) is 14.1. The third kappa shape index (κ3) is 5.77. The number of phenolic OH excluding ortho intramolecular Hbond substituents is 4. The van der Waals surface area contributed by atoms with Gasteiger partial charge >= 0.3 is 0 Å². The van der Waals surface area contributed by atoms with Gasteiger partial charge < -0.3 is 20.4 Å². The van der Waals surface area contributed by atoms with Crippen LogP contribution in [0.25, 0.3) is 6.08 Å². The van der Waals surface area contributed by atoms with Gasteiger partial charge in [-0.15, -0.1) is 0 Å². The Morgan fingerprint density at radius 3 is 2.10 bits per heavy atom. The second-order valence-electron chi connectivity index (χ2n) is 7.68. The minimum absolute atomic E-state index is 0.0714. The van der Waals surface area contributed by atoms with Gasteiger partial charge in [-0.05, 0) is 76.4 Å². The predicted molar refractivity (Wildman–Crippen MR) is 119 cm³/mol. The van der Waals surface area contributed by atoms with Crippen molar-refractivity contribution in [3.8, 4) is 23.0 Å². The van der Waals surface area contributed by atoms with E-state index in [0.29, 0.717) is 29.5 Å². The first-order valence-electron chi connectivity index (χ1n) is 9.68. The predicted octanol–water partition coefficient (Wildman–Crippen LogP) is 5.42. The number of ketones is 1. The van der Waals surface area contributed by atoms with Crippen LogP contribution < -0.4 is 0 Å². The molecule has 5 heteroatoms. The minimum atomic E-state index is -0.440. The van der Waals surface area contributed by atoms with E-state index in [1.165, 1.54) is 30.4 Å². The third-order valence-electron chi connectivity index (χ3n) is 4.59. The maximum atomic E-state index is 12.6. The summed E-state index contributed by atoms with van der Waals surface area (Å²) in [5, 5.41) is 40.5. The van der Waals surface area contributed by atoms with Crippen LogP contribution in [0, 0.1) is 0 Å². The first-order valence-corrected chi connectivity index (χ1v) is 9.68. The van der Waals surface area contributed by atoms with Crippen LogP contribution in [0.2, 0.25) is 0 Å². The van der Waals surface area contributed by atoms with E-state index in [-0.39, 0.29) is 28.6 Å². The average molecular weight is 408 g/mol. The van der Waals surface area contributed by atoms with Crippen molar-refractivity contribution >= 4 is 11.9 Å². The zero-order valence-electron chi connectivity index (χ0n) is 17.7. The number of benzene rings is 2. The van der Waals surface area contributed by atoms with Gasteiger partial charge in [0, 0.05) is 11.1 Å². The highest BCUT2D eigenvalue weighted by Gasteiger charge is 2.15. The average Bonchev–Trinajstić information content (AvgIpc) is 2.67. The van der Waals surface area contributed by atoms with Crippen LogP contribution >= 0.6 is 0 Å². The molecule has 0 bridgehead atoms. The molecule has 2 aromatic rings. The molecule has 158 valence electrons. The van der Waals surface area contributed by atoms with Gasteiger partial charge in [0.25, 0.3) is 0 Å². The molecule has 0 unspecified atom stereocenters. The van der Waals surface area contributed by atoms with Crippen molar-refractivity contribution < 1.29 is 25.2 Å². The normalized spacial score (nSPS) is 10.8. The second kappa shape index (κ2) is 9.83. The Balaban J connectivity index is 2.33. The van der Waals surface area contributed by atoms with Crippen LogP contribution in [0.3, 0.4) is 0 Å². The van der Waals surface area contributed by atoms with Crippen LogP contribution in [-0.2, 0) is 12.8 Å². The molecular formula is C25H28O5. The maximum Gasteiger partial charge on any atom is 0.189 e. The van der Waals surface area contributed by atoms with Crippen LogP contribution in [-0.4, -0.2) is 26.2 Å². The number of allylic oxidation sites excluding steroid dienone is 5. The minimum Gasteiger partial charge on any atom is -0.508 e. The summed E-state index contributed by atoms with van der Waals surface area (Å²) in [5.74, 6) is -1.21. The molecule has 0 atom stereocenters. The zero-order valence-corrected chi connectivity index (χ0v) is 17.7. The van der Waals surface area contributed by atoms with Gasteiger partial charge in [-0.3, -0.25) is 4.79 Å². The van der Waals surface area contributed by atoms with E-state index < -0.39 is 5.78 Å². The lowest BCUT2D eigenvalue weighted by molar-refractivity contribution is 0.104. The highest BCUT2D eigenvalue weighted by atomic mass is 16.3. The van der Waals surface area contributed by atoms with Crippen LogP contribution in [0.5, 0.6) is 23.0 Å². The van der Waals surface area contributed by atoms with E-state index in [4.69, 9.17) is 0 Å². The topological polar surface area (TPSA) is 98.0 Å². The Bertz CT molecular complexity index is 1030. The lowest BCUT2D eigenvalue weighted by Gasteiger charge is -2.09. The van der Waals surface area contributed by atoms with E-state index in [2.05, 4.69) is 0 Å². The molecule has 0 fully saturated rings. The molecule has 30 heavy (non-hydrogen) atoms. The molecule has 0 aliphatic rings. The number of carbonyl (C=O) groups is 1. The molecule has 2 aromatic carbocycles. The fraction of sp³-hybridized carbons (Fsp3) is 0.240. The number of hydrogen-bond acceptors (Lipinski definition) is 5. The van der Waals surface area contributed by atoms with Crippen molar-refractivity contribution in [2.24, 2.45) is 0 Å². The molecule has 0 amide bonds. The Morgan fingerprint density at radius 2 is 1.47 bits per heavy atom. The Labute approximate surface area is 177 Å². The molecule has 0 aliphatic heterocycles. The van der Waals surface area contributed by atoms with Gasteiger partial charge in [-0.2, -0.15) is 0 Å². The molecule has 5 nitrogen and oxygen atoms in total. The standard InChI is InChI=1S/C25H28O5/c1-15(2)5-8-18-13-17(14-23(28)24(18)29)7-11-21(26)20-10-12-22(27)19(25(20)30)9-6-16(3)4/h5-7,10-14,27-30H,8-9H2,1-4H3/b11-7+. The lowest BCUT2D eigenvalue weighted by Crippen LogP contribution is -1.98. The molecule has 0 saturated carbocycles. The van der Waals surface area contributed by atoms with Crippen molar-refractivity contribution in [3.05, 3.63) is 75.9 Å². The van der Waals surface area contributed by atoms with E-state index in [0.717, 1.165) is 11.1 Å².